The van der Waals surface area contributed by atoms with Crippen LogP contribution in [0.15, 0.2) is 5.11 Å². The highest BCUT2D eigenvalue weighted by Crippen LogP contribution is 2.22. The number of terminal acetylenes is 2. The quantitative estimate of drug-likeness (QED) is 0.150. The van der Waals surface area contributed by atoms with E-state index in [9.17, 15) is 4.79 Å². The highest BCUT2D eigenvalue weighted by atomic mass is 32.1. The SMILES string of the molecule is C#CC#CC#CC#CC#CC#CC#C.COC(=O)CN1C[C@@H](C)C[C@@H]1CN=[N+]=[N-].SCCCS. The molecule has 0 spiro atoms. The molecule has 0 unspecified atom stereocenters. The number of hydrogen-bond donors (Lipinski definition) is 2. The topological polar surface area (TPSA) is 78.3 Å². The van der Waals surface area contributed by atoms with E-state index >= 15 is 0 Å². The van der Waals surface area contributed by atoms with Gasteiger partial charge in [-0.2, -0.15) is 25.3 Å². The first-order valence-corrected chi connectivity index (χ1v) is 11.2. The van der Waals surface area contributed by atoms with Crippen molar-refractivity contribution in [2.45, 2.75) is 25.8 Å². The van der Waals surface area contributed by atoms with Crippen molar-refractivity contribution in [2.24, 2.45) is 11.0 Å². The molecular weight excluding hydrogens is 464 g/mol. The Kier molecular flexibility index (Phi) is 24.5. The van der Waals surface area contributed by atoms with E-state index in [-0.39, 0.29) is 18.6 Å². The van der Waals surface area contributed by atoms with E-state index in [1.54, 1.807) is 0 Å². The lowest BCUT2D eigenvalue weighted by Gasteiger charge is -2.21. The normalized spacial score (nSPS) is 14.2. The Labute approximate surface area is 214 Å². The summed E-state index contributed by atoms with van der Waals surface area (Å²) in [5.41, 5.74) is 8.25. The third kappa shape index (κ3) is 21.6. The fourth-order valence-electron chi connectivity index (χ4n) is 2.38. The number of thiol groups is 2. The first-order chi connectivity index (χ1) is 16.5. The van der Waals surface area contributed by atoms with Crippen LogP contribution in [0, 0.1) is 89.8 Å². The van der Waals surface area contributed by atoms with Gasteiger partial charge in [0.2, 0.25) is 0 Å². The van der Waals surface area contributed by atoms with E-state index < -0.39 is 0 Å². The molecule has 34 heavy (non-hydrogen) atoms. The molecule has 0 N–H and O–H groups in total. The number of carbonyl (C=O) groups is 1. The van der Waals surface area contributed by atoms with Gasteiger partial charge in [0.1, 0.15) is 0 Å². The van der Waals surface area contributed by atoms with Gasteiger partial charge in [0.05, 0.1) is 13.7 Å². The maximum atomic E-state index is 11.1. The minimum Gasteiger partial charge on any atom is -0.468 e. The maximum Gasteiger partial charge on any atom is 0.319 e. The Balaban J connectivity index is 0. The molecule has 0 amide bonds. The number of azide groups is 1. The Morgan fingerprint density at radius 3 is 1.85 bits per heavy atom. The van der Waals surface area contributed by atoms with Gasteiger partial charge in [0.25, 0.3) is 0 Å². The lowest BCUT2D eigenvalue weighted by molar-refractivity contribution is -0.142. The van der Waals surface area contributed by atoms with Crippen LogP contribution in [0.25, 0.3) is 10.4 Å². The lowest BCUT2D eigenvalue weighted by Crippen LogP contribution is -2.36. The molecule has 0 aromatic rings. The van der Waals surface area contributed by atoms with Gasteiger partial charge in [0.15, 0.2) is 0 Å². The van der Waals surface area contributed by atoms with Crippen LogP contribution in [0.5, 0.6) is 0 Å². The van der Waals surface area contributed by atoms with Gasteiger partial charge in [-0.05, 0) is 107 Å². The van der Waals surface area contributed by atoms with Crippen molar-refractivity contribution in [1.29, 1.82) is 0 Å². The number of methoxy groups -OCH3 is 1. The predicted molar refractivity (Wildman–Crippen MR) is 144 cm³/mol. The van der Waals surface area contributed by atoms with Crippen LogP contribution in [0.1, 0.15) is 19.8 Å². The van der Waals surface area contributed by atoms with E-state index in [0.717, 1.165) is 30.9 Å². The van der Waals surface area contributed by atoms with E-state index in [2.05, 4.69) is 118 Å². The van der Waals surface area contributed by atoms with Gasteiger partial charge < -0.3 is 4.74 Å². The van der Waals surface area contributed by atoms with Crippen molar-refractivity contribution in [2.75, 3.05) is 38.2 Å². The molecule has 8 heteroatoms. The molecule has 1 fully saturated rings. The zero-order valence-electron chi connectivity index (χ0n) is 19.3. The van der Waals surface area contributed by atoms with Crippen molar-refractivity contribution in [1.82, 2.24) is 4.90 Å². The third-order valence-electron chi connectivity index (χ3n) is 3.68. The molecule has 174 valence electrons. The Morgan fingerprint density at radius 1 is 1.03 bits per heavy atom. The van der Waals surface area contributed by atoms with Crippen LogP contribution in [0.2, 0.25) is 0 Å². The Hall–Kier alpha value is -3.64. The maximum absolute atomic E-state index is 11.1. The molecule has 0 saturated carbocycles. The number of esters is 1. The number of rotatable bonds is 6. The Morgan fingerprint density at radius 2 is 1.50 bits per heavy atom. The molecule has 1 aliphatic heterocycles. The van der Waals surface area contributed by atoms with Crippen molar-refractivity contribution >= 4 is 31.2 Å². The highest BCUT2D eigenvalue weighted by Gasteiger charge is 2.30. The number of carbonyl (C=O) groups excluding carboxylic acids is 1. The summed E-state index contributed by atoms with van der Waals surface area (Å²) >= 11 is 7.90. The van der Waals surface area contributed by atoms with Crippen molar-refractivity contribution < 1.29 is 9.53 Å². The van der Waals surface area contributed by atoms with Crippen molar-refractivity contribution in [3.05, 3.63) is 10.4 Å². The molecule has 6 nitrogen and oxygen atoms in total. The molecule has 0 bridgehead atoms. The van der Waals surface area contributed by atoms with Gasteiger partial charge in [-0.1, -0.05) is 12.0 Å². The molecule has 0 aliphatic carbocycles. The van der Waals surface area contributed by atoms with Crippen molar-refractivity contribution in [3.63, 3.8) is 0 Å². The minimum absolute atomic E-state index is 0.176. The van der Waals surface area contributed by atoms with Gasteiger partial charge in [-0.15, -0.1) is 12.8 Å². The minimum atomic E-state index is -0.241. The summed E-state index contributed by atoms with van der Waals surface area (Å²) in [6.45, 7) is 3.70. The van der Waals surface area contributed by atoms with Crippen LogP contribution in [-0.4, -0.2) is 55.2 Å². The fourth-order valence-corrected chi connectivity index (χ4v) is 2.94. The molecule has 1 saturated heterocycles. The average Bonchev–Trinajstić information content (AvgIpc) is 3.18. The van der Waals surface area contributed by atoms with Gasteiger partial charge in [0, 0.05) is 24.0 Å². The monoisotopic (exact) mass is 490 g/mol. The summed E-state index contributed by atoms with van der Waals surface area (Å²) in [6.07, 6.45) is 11.8. The van der Waals surface area contributed by atoms with E-state index in [4.69, 9.17) is 18.4 Å². The first-order valence-electron chi connectivity index (χ1n) is 9.95. The molecule has 2 atom stereocenters. The fraction of sp³-hybridized carbons (Fsp3) is 0.423. The second-order valence-electron chi connectivity index (χ2n) is 6.25. The second-order valence-corrected chi connectivity index (χ2v) is 7.15. The summed E-state index contributed by atoms with van der Waals surface area (Å²) < 4.78 is 4.62. The first kappa shape index (κ1) is 32.5. The zero-order chi connectivity index (χ0) is 25.9. The van der Waals surface area contributed by atoms with Gasteiger partial charge >= 0.3 is 5.97 Å². The molecule has 0 radical (unpaired) electrons. The number of likely N-dealkylation sites (tertiary alicyclic amines) is 1. The largest absolute Gasteiger partial charge is 0.468 e. The van der Waals surface area contributed by atoms with Gasteiger partial charge in [-0.3, -0.25) is 9.69 Å². The van der Waals surface area contributed by atoms with Crippen LogP contribution in [-0.2, 0) is 9.53 Å². The number of ether oxygens (including phenoxy) is 1. The van der Waals surface area contributed by atoms with Crippen LogP contribution in [0.4, 0.5) is 0 Å². The Bertz CT molecular complexity index is 1020. The predicted octanol–water partition coefficient (Wildman–Crippen LogP) is 2.69. The van der Waals surface area contributed by atoms with Crippen LogP contribution >= 0.6 is 25.3 Å². The van der Waals surface area contributed by atoms with E-state index in [0.29, 0.717) is 12.5 Å². The van der Waals surface area contributed by atoms with E-state index in [1.807, 2.05) is 4.90 Å². The highest BCUT2D eigenvalue weighted by molar-refractivity contribution is 7.81. The second kappa shape index (κ2) is 25.6. The average molecular weight is 491 g/mol. The molecular formula is C26H26N4O2S2. The summed E-state index contributed by atoms with van der Waals surface area (Å²) in [7, 11) is 1.38. The number of nitrogens with zero attached hydrogens (tertiary/aromatic N) is 4. The molecule has 0 aromatic heterocycles. The smallest absolute Gasteiger partial charge is 0.319 e. The molecule has 1 aliphatic rings. The molecule has 0 aromatic carbocycles. The molecule has 1 heterocycles. The summed E-state index contributed by atoms with van der Waals surface area (Å²) in [4.78, 5) is 15.9. The standard InChI is InChI=1S/C14H2.C9H16N4O2.C3H8S2/c1-3-5-7-9-11-13-14-12-10-8-6-4-2;1-7-3-8(4-11-12-10)13(5-7)6-9(14)15-2;4-2-1-3-5/h1-2H;7-8H,3-6H2,1-2H3;4-5H,1-3H2/t;7-,8+;/m.0./s1. The summed E-state index contributed by atoms with van der Waals surface area (Å²) in [5, 5.41) is 3.56. The van der Waals surface area contributed by atoms with Crippen LogP contribution < -0.4 is 0 Å². The van der Waals surface area contributed by atoms with Gasteiger partial charge in [-0.25, -0.2) is 0 Å². The van der Waals surface area contributed by atoms with Crippen LogP contribution in [0.3, 0.4) is 0 Å². The summed E-state index contributed by atoms with van der Waals surface area (Å²) in [6, 6.07) is 0.176. The summed E-state index contributed by atoms with van der Waals surface area (Å²) in [5.74, 6) is 30.5. The number of hydrogen-bond acceptors (Lipinski definition) is 6. The zero-order valence-corrected chi connectivity index (χ0v) is 21.0. The third-order valence-corrected chi connectivity index (χ3v) is 4.31. The molecule has 1 rings (SSSR count). The van der Waals surface area contributed by atoms with E-state index in [1.165, 1.54) is 7.11 Å². The van der Waals surface area contributed by atoms with Crippen molar-refractivity contribution in [3.8, 4) is 83.9 Å². The lowest BCUT2D eigenvalue weighted by atomic mass is 10.1.